The highest BCUT2D eigenvalue weighted by Gasteiger charge is 2.43. The summed E-state index contributed by atoms with van der Waals surface area (Å²) in [5.74, 6) is 0.0612. The molecule has 6 rings (SSSR count). The van der Waals surface area contributed by atoms with Gasteiger partial charge in [-0.05, 0) is 36.8 Å². The van der Waals surface area contributed by atoms with E-state index >= 15 is 0 Å². The van der Waals surface area contributed by atoms with Gasteiger partial charge in [-0.1, -0.05) is 0 Å². The van der Waals surface area contributed by atoms with Crippen molar-refractivity contribution in [3.8, 4) is 0 Å². The number of alkyl halides is 3. The molecule has 2 fully saturated rings. The number of hydrogen-bond acceptors (Lipinski definition) is 7. The van der Waals surface area contributed by atoms with Crippen molar-refractivity contribution in [2.75, 3.05) is 18.9 Å². The largest absolute Gasteiger partial charge is 0.417 e. The zero-order valence-electron chi connectivity index (χ0n) is 19.2. The number of aromatic nitrogens is 4. The monoisotopic (exact) mass is 497 g/mol. The lowest BCUT2D eigenvalue weighted by atomic mass is 10.1. The van der Waals surface area contributed by atoms with Gasteiger partial charge in [0.1, 0.15) is 5.82 Å². The Morgan fingerprint density at radius 2 is 2.06 bits per heavy atom. The number of pyridine rings is 2. The van der Waals surface area contributed by atoms with Crippen LogP contribution in [0.2, 0.25) is 0 Å². The van der Waals surface area contributed by atoms with Crippen molar-refractivity contribution in [3.63, 3.8) is 0 Å². The zero-order valence-corrected chi connectivity index (χ0v) is 19.2. The molecule has 1 amide bonds. The van der Waals surface area contributed by atoms with E-state index in [1.165, 1.54) is 6.07 Å². The maximum atomic E-state index is 13.9. The summed E-state index contributed by atoms with van der Waals surface area (Å²) in [7, 11) is 1.79. The quantitative estimate of drug-likeness (QED) is 0.462. The molecule has 0 radical (unpaired) electrons. The molecule has 2 N–H and O–H groups in total. The van der Waals surface area contributed by atoms with Gasteiger partial charge in [0.15, 0.2) is 0 Å². The number of nitrogens with two attached hydrogens (primary N) is 1. The molecule has 0 aliphatic carbocycles. The molecule has 2 aliphatic rings. The molecule has 0 spiro atoms. The summed E-state index contributed by atoms with van der Waals surface area (Å²) >= 11 is 0. The molecule has 2 saturated heterocycles. The number of nitrogens with zero attached hydrogens (tertiary/aromatic N) is 6. The molecular formula is C24H22F3N7O2. The van der Waals surface area contributed by atoms with Crippen molar-refractivity contribution in [3.05, 3.63) is 59.5 Å². The lowest BCUT2D eigenvalue weighted by molar-refractivity contribution is -0.137. The predicted molar refractivity (Wildman–Crippen MR) is 124 cm³/mol. The Morgan fingerprint density at radius 3 is 2.72 bits per heavy atom. The van der Waals surface area contributed by atoms with E-state index in [1.54, 1.807) is 41.1 Å². The molecular weight excluding hydrogens is 475 g/mol. The zero-order chi connectivity index (χ0) is 25.2. The van der Waals surface area contributed by atoms with Gasteiger partial charge in [-0.2, -0.15) is 18.3 Å². The van der Waals surface area contributed by atoms with Crippen LogP contribution in [0.1, 0.15) is 28.0 Å². The van der Waals surface area contributed by atoms with Crippen LogP contribution < -0.4 is 5.73 Å². The third kappa shape index (κ3) is 3.73. The maximum absolute atomic E-state index is 13.9. The molecule has 36 heavy (non-hydrogen) atoms. The minimum absolute atomic E-state index is 0.0131. The van der Waals surface area contributed by atoms with Gasteiger partial charge in [-0.15, -0.1) is 0 Å². The number of hydrazine groups is 1. The molecule has 186 valence electrons. The summed E-state index contributed by atoms with van der Waals surface area (Å²) in [6.45, 7) is 1.04. The van der Waals surface area contributed by atoms with Gasteiger partial charge in [0.05, 0.1) is 59.2 Å². The van der Waals surface area contributed by atoms with Gasteiger partial charge in [-0.3, -0.25) is 19.5 Å². The molecule has 5 heterocycles. The molecule has 2 bridgehead atoms. The number of ether oxygens (including phenoxy) is 1. The lowest BCUT2D eigenvalue weighted by Crippen LogP contribution is -2.51. The number of benzene rings is 1. The molecule has 4 aromatic rings. The summed E-state index contributed by atoms with van der Waals surface area (Å²) < 4.78 is 46.4. The first-order valence-electron chi connectivity index (χ1n) is 11.4. The third-order valence-corrected chi connectivity index (χ3v) is 6.83. The number of amides is 1. The second-order valence-corrected chi connectivity index (χ2v) is 9.13. The number of anilines is 1. The van der Waals surface area contributed by atoms with Gasteiger partial charge in [-0.25, -0.2) is 9.99 Å². The van der Waals surface area contributed by atoms with Crippen LogP contribution in [0.25, 0.3) is 21.8 Å². The van der Waals surface area contributed by atoms with E-state index in [1.807, 2.05) is 5.01 Å². The van der Waals surface area contributed by atoms with Crippen LogP contribution in [0.5, 0.6) is 0 Å². The van der Waals surface area contributed by atoms with E-state index in [0.29, 0.717) is 41.1 Å². The average molecular weight is 497 g/mol. The Kier molecular flexibility index (Phi) is 5.12. The smallest absolute Gasteiger partial charge is 0.383 e. The number of halogens is 3. The number of morpholine rings is 1. The van der Waals surface area contributed by atoms with Crippen molar-refractivity contribution in [1.82, 2.24) is 29.8 Å². The molecule has 1 aromatic carbocycles. The van der Waals surface area contributed by atoms with Crippen LogP contribution in [-0.2, 0) is 24.5 Å². The topological polar surface area (TPSA) is 102 Å². The van der Waals surface area contributed by atoms with Gasteiger partial charge < -0.3 is 10.5 Å². The first-order valence-corrected chi connectivity index (χ1v) is 11.4. The first kappa shape index (κ1) is 22.7. The molecule has 3 aromatic heterocycles. The van der Waals surface area contributed by atoms with E-state index in [4.69, 9.17) is 10.5 Å². The van der Waals surface area contributed by atoms with Crippen LogP contribution in [0, 0.1) is 0 Å². The maximum Gasteiger partial charge on any atom is 0.417 e. The van der Waals surface area contributed by atoms with Crippen LogP contribution in [-0.4, -0.2) is 61.0 Å². The van der Waals surface area contributed by atoms with Gasteiger partial charge >= 0.3 is 6.18 Å². The fourth-order valence-corrected chi connectivity index (χ4v) is 5.03. The SMILES string of the molecule is Cn1ncc2c(N)nc3ccc(C(=O)N(Cc4ccc(C(F)(F)F)cn4)N4C[C@H]5C[C@@H]4CO5)cc3c21. The van der Waals surface area contributed by atoms with Crippen LogP contribution in [0.15, 0.2) is 42.7 Å². The van der Waals surface area contributed by atoms with E-state index in [2.05, 4.69) is 15.1 Å². The summed E-state index contributed by atoms with van der Waals surface area (Å²) in [6.07, 6.45) is -1.24. The van der Waals surface area contributed by atoms with Crippen molar-refractivity contribution < 1.29 is 22.7 Å². The van der Waals surface area contributed by atoms with Crippen molar-refractivity contribution in [1.29, 1.82) is 0 Å². The minimum Gasteiger partial charge on any atom is -0.383 e. The highest BCUT2D eigenvalue weighted by molar-refractivity contribution is 6.10. The molecule has 0 saturated carbocycles. The molecule has 0 unspecified atom stereocenters. The fourth-order valence-electron chi connectivity index (χ4n) is 5.03. The summed E-state index contributed by atoms with van der Waals surface area (Å²) in [4.78, 5) is 22.3. The van der Waals surface area contributed by atoms with Crippen molar-refractivity contribution in [2.45, 2.75) is 31.3 Å². The van der Waals surface area contributed by atoms with Crippen LogP contribution in [0.3, 0.4) is 0 Å². The highest BCUT2D eigenvalue weighted by atomic mass is 19.4. The standard InChI is InChI=1S/C24H22F3N7O2/c1-32-21-18-6-13(2-5-20(18)31-22(28)19(21)9-30-32)23(35)34(33-11-17-7-16(33)12-36-17)10-15-4-3-14(8-29-15)24(25,26)27/h2-6,8-9,16-17H,7,10-12H2,1H3,(H2,28,31)/t16-,17-/m1/s1. The number of fused-ring (bicyclic) bond motifs is 5. The van der Waals surface area contributed by atoms with E-state index in [9.17, 15) is 18.0 Å². The summed E-state index contributed by atoms with van der Waals surface area (Å²) in [5, 5.41) is 9.20. The second kappa shape index (κ2) is 8.14. The summed E-state index contributed by atoms with van der Waals surface area (Å²) in [6, 6.07) is 7.47. The normalized spacial score (nSPS) is 20.0. The first-order chi connectivity index (χ1) is 17.2. The van der Waals surface area contributed by atoms with E-state index in [0.717, 1.165) is 29.6 Å². The van der Waals surface area contributed by atoms with E-state index in [-0.39, 0.29) is 24.6 Å². The van der Waals surface area contributed by atoms with Crippen molar-refractivity contribution >= 4 is 33.5 Å². The Morgan fingerprint density at radius 1 is 1.22 bits per heavy atom. The van der Waals surface area contributed by atoms with Gasteiger partial charge in [0.25, 0.3) is 5.91 Å². The van der Waals surface area contributed by atoms with Gasteiger partial charge in [0.2, 0.25) is 0 Å². The number of aryl methyl sites for hydroxylation is 1. The van der Waals surface area contributed by atoms with Gasteiger partial charge in [0, 0.05) is 30.7 Å². The second-order valence-electron chi connectivity index (χ2n) is 9.13. The number of carbonyl (C=O) groups excluding carboxylic acids is 1. The summed E-state index contributed by atoms with van der Waals surface area (Å²) in [5.41, 5.74) is 7.40. The Bertz CT molecular complexity index is 1490. The number of nitrogen functional groups attached to an aromatic ring is 1. The number of rotatable bonds is 4. The molecule has 2 atom stereocenters. The van der Waals surface area contributed by atoms with Crippen LogP contribution >= 0.6 is 0 Å². The Balaban J connectivity index is 1.39. The number of carbonyl (C=O) groups is 1. The molecule has 9 nitrogen and oxygen atoms in total. The average Bonchev–Trinajstić information content (AvgIpc) is 3.58. The van der Waals surface area contributed by atoms with Crippen LogP contribution in [0.4, 0.5) is 19.0 Å². The molecule has 12 heteroatoms. The highest BCUT2D eigenvalue weighted by Crippen LogP contribution is 2.33. The predicted octanol–water partition coefficient (Wildman–Crippen LogP) is 3.15. The minimum atomic E-state index is -4.48. The molecule has 2 aliphatic heterocycles. The lowest BCUT2D eigenvalue weighted by Gasteiger charge is -2.37. The Hall–Kier alpha value is -3.77. The van der Waals surface area contributed by atoms with E-state index < -0.39 is 11.7 Å². The third-order valence-electron chi connectivity index (χ3n) is 6.83. The van der Waals surface area contributed by atoms with Crippen molar-refractivity contribution in [2.24, 2.45) is 7.05 Å². The Labute approximate surface area is 203 Å². The fraction of sp³-hybridized carbons (Fsp3) is 0.333. The number of hydrogen-bond donors (Lipinski definition) is 1.